The fraction of sp³-hybridized carbons (Fsp3) is 0.316. The Morgan fingerprint density at radius 2 is 2.04 bits per heavy atom. The molecule has 142 valence electrons. The van der Waals surface area contributed by atoms with Crippen LogP contribution in [0.15, 0.2) is 46.1 Å². The Morgan fingerprint density at radius 3 is 2.78 bits per heavy atom. The quantitative estimate of drug-likeness (QED) is 0.427. The molecule has 3 aromatic rings. The summed E-state index contributed by atoms with van der Waals surface area (Å²) in [7, 11) is 0. The maximum Gasteiger partial charge on any atom is 0.219 e. The fourth-order valence-corrected chi connectivity index (χ4v) is 2.53. The van der Waals surface area contributed by atoms with Crippen LogP contribution in [0.25, 0.3) is 11.6 Å². The zero-order valence-electron chi connectivity index (χ0n) is 15.3. The molecule has 2 heterocycles. The lowest BCUT2D eigenvalue weighted by atomic mass is 10.2. The van der Waals surface area contributed by atoms with E-state index in [9.17, 15) is 0 Å². The molecule has 2 aromatic heterocycles. The molecule has 7 nitrogen and oxygen atoms in total. The van der Waals surface area contributed by atoms with Crippen molar-refractivity contribution < 1.29 is 13.9 Å². The number of furan rings is 1. The molecule has 0 amide bonds. The van der Waals surface area contributed by atoms with Gasteiger partial charge in [-0.05, 0) is 49.3 Å². The van der Waals surface area contributed by atoms with Gasteiger partial charge in [0.2, 0.25) is 10.6 Å². The summed E-state index contributed by atoms with van der Waals surface area (Å²) in [5.41, 5.74) is 0.820. The molecule has 1 N–H and O–H groups in total. The van der Waals surface area contributed by atoms with Gasteiger partial charge in [0.1, 0.15) is 11.5 Å². The number of rotatable bonds is 9. The molecule has 0 bridgehead atoms. The summed E-state index contributed by atoms with van der Waals surface area (Å²) in [6.07, 6.45) is 5.12. The van der Waals surface area contributed by atoms with Crippen molar-refractivity contribution in [2.75, 3.05) is 13.2 Å². The second-order valence-electron chi connectivity index (χ2n) is 5.78. The van der Waals surface area contributed by atoms with E-state index < -0.39 is 0 Å². The largest absolute Gasteiger partial charge is 0.493 e. The average Bonchev–Trinajstić information content (AvgIpc) is 3.33. The van der Waals surface area contributed by atoms with Crippen molar-refractivity contribution in [3.05, 3.63) is 46.9 Å². The predicted octanol–water partition coefficient (Wildman–Crippen LogP) is 4.66. The van der Waals surface area contributed by atoms with Crippen molar-refractivity contribution >= 4 is 18.4 Å². The lowest BCUT2D eigenvalue weighted by Gasteiger charge is -2.11. The van der Waals surface area contributed by atoms with E-state index in [1.165, 1.54) is 4.68 Å². The third-order valence-electron chi connectivity index (χ3n) is 3.62. The van der Waals surface area contributed by atoms with Gasteiger partial charge in [0.05, 0.1) is 25.7 Å². The lowest BCUT2D eigenvalue weighted by Crippen LogP contribution is -2.02. The fourth-order valence-electron chi connectivity index (χ4n) is 2.35. The second-order valence-corrected chi connectivity index (χ2v) is 6.17. The minimum Gasteiger partial charge on any atom is -0.493 e. The average molecular weight is 386 g/mol. The van der Waals surface area contributed by atoms with Crippen LogP contribution in [0, 0.1) is 4.77 Å². The third-order valence-corrected chi connectivity index (χ3v) is 3.89. The molecular formula is C19H22N4O3S. The van der Waals surface area contributed by atoms with Crippen molar-refractivity contribution in [2.45, 2.75) is 26.7 Å². The summed E-state index contributed by atoms with van der Waals surface area (Å²) < 4.78 is 18.8. The molecule has 0 spiro atoms. The maximum absolute atomic E-state index is 5.86. The predicted molar refractivity (Wildman–Crippen MR) is 106 cm³/mol. The van der Waals surface area contributed by atoms with E-state index in [1.807, 2.05) is 18.2 Å². The van der Waals surface area contributed by atoms with E-state index in [0.717, 1.165) is 24.2 Å². The monoisotopic (exact) mass is 386 g/mol. The number of H-pyrrole nitrogens is 1. The van der Waals surface area contributed by atoms with Gasteiger partial charge >= 0.3 is 0 Å². The summed E-state index contributed by atoms with van der Waals surface area (Å²) in [4.78, 5) is 0. The Hall–Kier alpha value is -2.87. The van der Waals surface area contributed by atoms with Crippen LogP contribution in [0.2, 0.25) is 0 Å². The maximum atomic E-state index is 5.86. The molecule has 0 fully saturated rings. The van der Waals surface area contributed by atoms with Gasteiger partial charge < -0.3 is 13.9 Å². The molecule has 0 aliphatic rings. The summed E-state index contributed by atoms with van der Waals surface area (Å²) in [5.74, 6) is 2.56. The highest BCUT2D eigenvalue weighted by atomic mass is 32.1. The first-order valence-electron chi connectivity index (χ1n) is 8.88. The van der Waals surface area contributed by atoms with Crippen LogP contribution in [-0.2, 0) is 0 Å². The van der Waals surface area contributed by atoms with Crippen LogP contribution in [0.4, 0.5) is 0 Å². The molecule has 0 radical (unpaired) electrons. The first-order valence-corrected chi connectivity index (χ1v) is 9.29. The molecule has 1 aromatic carbocycles. The number of nitrogens with zero attached hydrogens (tertiary/aromatic N) is 3. The summed E-state index contributed by atoms with van der Waals surface area (Å²) >= 11 is 5.27. The molecule has 0 atom stereocenters. The number of aromatic amines is 1. The summed E-state index contributed by atoms with van der Waals surface area (Å²) in [5, 5.41) is 11.4. The molecule has 0 aliphatic carbocycles. The van der Waals surface area contributed by atoms with Crippen molar-refractivity contribution in [1.82, 2.24) is 14.9 Å². The molecule has 0 aliphatic heterocycles. The first-order chi connectivity index (χ1) is 13.2. The molecular weight excluding hydrogens is 364 g/mol. The number of benzene rings is 1. The van der Waals surface area contributed by atoms with Gasteiger partial charge in [-0.1, -0.05) is 13.8 Å². The number of ether oxygens (including phenoxy) is 2. The van der Waals surface area contributed by atoms with Gasteiger partial charge in [-0.2, -0.15) is 9.78 Å². The van der Waals surface area contributed by atoms with Gasteiger partial charge in [-0.3, -0.25) is 0 Å². The third kappa shape index (κ3) is 4.65. The van der Waals surface area contributed by atoms with Crippen LogP contribution in [0.5, 0.6) is 11.5 Å². The van der Waals surface area contributed by atoms with E-state index in [2.05, 4.69) is 29.1 Å². The van der Waals surface area contributed by atoms with Crippen molar-refractivity contribution in [2.24, 2.45) is 5.10 Å². The van der Waals surface area contributed by atoms with E-state index in [4.69, 9.17) is 26.1 Å². The standard InChI is InChI=1S/C19H22N4O3S/c1-3-9-24-15-8-7-14(17(12-15)25-10-4-2)13-20-23-18(21-22-19(23)27)16-6-5-11-26-16/h5-8,11-13H,3-4,9-10H2,1-2H3,(H,22,27)/b20-13-. The summed E-state index contributed by atoms with van der Waals surface area (Å²) in [6, 6.07) is 9.28. The molecule has 8 heteroatoms. The smallest absolute Gasteiger partial charge is 0.219 e. The van der Waals surface area contributed by atoms with Crippen LogP contribution >= 0.6 is 12.2 Å². The van der Waals surface area contributed by atoms with Crippen LogP contribution in [0.3, 0.4) is 0 Å². The van der Waals surface area contributed by atoms with E-state index in [1.54, 1.807) is 24.6 Å². The number of nitrogens with one attached hydrogen (secondary N) is 1. The highest BCUT2D eigenvalue weighted by molar-refractivity contribution is 7.71. The van der Waals surface area contributed by atoms with Gasteiger partial charge in [-0.15, -0.1) is 5.10 Å². The van der Waals surface area contributed by atoms with Crippen molar-refractivity contribution in [3.63, 3.8) is 0 Å². The summed E-state index contributed by atoms with van der Waals surface area (Å²) in [6.45, 7) is 5.41. The first kappa shape index (κ1) is 18.9. The highest BCUT2D eigenvalue weighted by Gasteiger charge is 2.11. The zero-order chi connectivity index (χ0) is 19.1. The molecule has 0 unspecified atom stereocenters. The van der Waals surface area contributed by atoms with Gasteiger partial charge in [-0.25, -0.2) is 5.10 Å². The molecule has 3 rings (SSSR count). The molecule has 0 saturated carbocycles. The molecule has 0 saturated heterocycles. The van der Waals surface area contributed by atoms with E-state index in [-0.39, 0.29) is 0 Å². The zero-order valence-corrected chi connectivity index (χ0v) is 16.2. The topological polar surface area (TPSA) is 77.6 Å². The number of hydrogen-bond donors (Lipinski definition) is 1. The Kier molecular flexibility index (Phi) is 6.43. The molecule has 27 heavy (non-hydrogen) atoms. The van der Waals surface area contributed by atoms with Crippen LogP contribution in [-0.4, -0.2) is 34.3 Å². The van der Waals surface area contributed by atoms with E-state index >= 15 is 0 Å². The van der Waals surface area contributed by atoms with Crippen molar-refractivity contribution in [3.8, 4) is 23.1 Å². The minimum atomic E-state index is 0.372. The Bertz CT molecular complexity index is 944. The van der Waals surface area contributed by atoms with Crippen LogP contribution in [0.1, 0.15) is 32.3 Å². The van der Waals surface area contributed by atoms with Crippen LogP contribution < -0.4 is 9.47 Å². The van der Waals surface area contributed by atoms with Crippen molar-refractivity contribution in [1.29, 1.82) is 0 Å². The highest BCUT2D eigenvalue weighted by Crippen LogP contribution is 2.25. The Labute approximate surface area is 162 Å². The Balaban J connectivity index is 1.90. The second kappa shape index (κ2) is 9.18. The SMILES string of the molecule is CCCOc1ccc(/C=N\n2c(-c3ccco3)n[nH]c2=S)c(OCCC)c1. The number of aromatic nitrogens is 3. The van der Waals surface area contributed by atoms with Gasteiger partial charge in [0.25, 0.3) is 0 Å². The lowest BCUT2D eigenvalue weighted by molar-refractivity contribution is 0.301. The normalized spacial score (nSPS) is 11.2. The number of hydrogen-bond acceptors (Lipinski definition) is 6. The van der Waals surface area contributed by atoms with Gasteiger partial charge in [0.15, 0.2) is 5.76 Å². The Morgan fingerprint density at radius 1 is 1.22 bits per heavy atom. The minimum absolute atomic E-state index is 0.372. The van der Waals surface area contributed by atoms with Gasteiger partial charge in [0, 0.05) is 11.6 Å². The van der Waals surface area contributed by atoms with E-state index in [0.29, 0.717) is 35.3 Å².